The summed E-state index contributed by atoms with van der Waals surface area (Å²) in [4.78, 5) is 11.5. The van der Waals surface area contributed by atoms with Crippen molar-refractivity contribution in [3.8, 4) is 5.75 Å². The molecule has 3 N–H and O–H groups in total. The summed E-state index contributed by atoms with van der Waals surface area (Å²) in [6.45, 7) is 4.24. The fourth-order valence-electron chi connectivity index (χ4n) is 1.24. The van der Waals surface area contributed by atoms with Crippen LogP contribution in [0.15, 0.2) is 36.9 Å². The highest BCUT2D eigenvalue weighted by atomic mass is 32.2. The topological polar surface area (TPSA) is 64.3 Å². The maximum Gasteiger partial charge on any atom is 0.257 e. The van der Waals surface area contributed by atoms with E-state index in [1.807, 2.05) is 18.2 Å². The second kappa shape index (κ2) is 8.47. The average molecular weight is 266 g/mol. The number of hydrogen-bond acceptors (Lipinski definition) is 4. The summed E-state index contributed by atoms with van der Waals surface area (Å²) in [5.74, 6) is 2.16. The number of para-hydroxylation sites is 2. The van der Waals surface area contributed by atoms with Crippen molar-refractivity contribution in [1.29, 1.82) is 0 Å². The van der Waals surface area contributed by atoms with Gasteiger partial charge in [0.1, 0.15) is 5.75 Å². The third-order valence-corrected chi connectivity index (χ3v) is 3.05. The number of thioether (sulfide) groups is 1. The fourth-order valence-corrected chi connectivity index (χ4v) is 1.82. The number of nitrogens with two attached hydrogens (primary N) is 1. The summed E-state index contributed by atoms with van der Waals surface area (Å²) in [7, 11) is 0. The largest absolute Gasteiger partial charge is 0.482 e. The summed E-state index contributed by atoms with van der Waals surface area (Å²) in [5, 5.41) is 2.77. The third-order valence-electron chi connectivity index (χ3n) is 2.08. The molecular weight excluding hydrogens is 248 g/mol. The van der Waals surface area contributed by atoms with Crippen molar-refractivity contribution in [3.63, 3.8) is 0 Å². The number of rotatable bonds is 8. The van der Waals surface area contributed by atoms with E-state index >= 15 is 0 Å². The first-order valence-electron chi connectivity index (χ1n) is 5.66. The molecule has 1 rings (SSSR count). The number of amides is 1. The van der Waals surface area contributed by atoms with Crippen molar-refractivity contribution in [2.75, 3.05) is 30.4 Å². The van der Waals surface area contributed by atoms with Crippen molar-refractivity contribution in [2.45, 2.75) is 0 Å². The van der Waals surface area contributed by atoms with Crippen molar-refractivity contribution >= 4 is 23.4 Å². The Morgan fingerprint density at radius 3 is 3.00 bits per heavy atom. The van der Waals surface area contributed by atoms with Gasteiger partial charge in [-0.05, 0) is 12.1 Å². The van der Waals surface area contributed by atoms with E-state index in [1.165, 1.54) is 0 Å². The first-order valence-corrected chi connectivity index (χ1v) is 6.82. The lowest BCUT2D eigenvalue weighted by molar-refractivity contribution is -0.122. The molecule has 0 unspecified atom stereocenters. The number of nitrogens with one attached hydrogen (secondary N) is 1. The average Bonchev–Trinajstić information content (AvgIpc) is 2.37. The van der Waals surface area contributed by atoms with Gasteiger partial charge >= 0.3 is 0 Å². The highest BCUT2D eigenvalue weighted by Gasteiger charge is 2.03. The van der Waals surface area contributed by atoms with E-state index in [0.717, 1.165) is 11.5 Å². The van der Waals surface area contributed by atoms with Crippen LogP contribution in [0.25, 0.3) is 0 Å². The van der Waals surface area contributed by atoms with Crippen molar-refractivity contribution < 1.29 is 9.53 Å². The van der Waals surface area contributed by atoms with Crippen LogP contribution >= 0.6 is 11.8 Å². The number of benzene rings is 1. The lowest BCUT2D eigenvalue weighted by atomic mass is 10.3. The van der Waals surface area contributed by atoms with E-state index in [2.05, 4.69) is 11.9 Å². The Hall–Kier alpha value is -1.62. The van der Waals surface area contributed by atoms with Crippen LogP contribution < -0.4 is 15.8 Å². The SMILES string of the molecule is C=CCSCCNC(=O)COc1ccccc1N. The second-order valence-corrected chi connectivity index (χ2v) is 4.69. The van der Waals surface area contributed by atoms with Gasteiger partial charge in [-0.25, -0.2) is 0 Å². The molecule has 0 aliphatic heterocycles. The number of carbonyl (C=O) groups is 1. The van der Waals surface area contributed by atoms with Gasteiger partial charge in [-0.3, -0.25) is 4.79 Å². The monoisotopic (exact) mass is 266 g/mol. The van der Waals surface area contributed by atoms with Crippen molar-refractivity contribution in [1.82, 2.24) is 5.32 Å². The first-order chi connectivity index (χ1) is 8.74. The molecule has 1 aromatic rings. The van der Waals surface area contributed by atoms with Crippen LogP contribution in [0.4, 0.5) is 5.69 Å². The van der Waals surface area contributed by atoms with Gasteiger partial charge in [-0.2, -0.15) is 11.8 Å². The van der Waals surface area contributed by atoms with Gasteiger partial charge < -0.3 is 15.8 Å². The third kappa shape index (κ3) is 5.63. The predicted octanol–water partition coefficient (Wildman–Crippen LogP) is 1.68. The summed E-state index contributed by atoms with van der Waals surface area (Å²) in [6, 6.07) is 7.11. The molecule has 0 bridgehead atoms. The molecule has 0 aliphatic carbocycles. The Kier molecular flexibility index (Phi) is 6.79. The van der Waals surface area contributed by atoms with Crippen LogP contribution in [0.1, 0.15) is 0 Å². The molecule has 1 aromatic carbocycles. The Balaban J connectivity index is 2.17. The number of carbonyl (C=O) groups excluding carboxylic acids is 1. The second-order valence-electron chi connectivity index (χ2n) is 3.54. The lowest BCUT2D eigenvalue weighted by Gasteiger charge is -2.08. The Morgan fingerprint density at radius 2 is 2.28 bits per heavy atom. The number of anilines is 1. The standard InChI is InChI=1S/C13H18N2O2S/c1-2-8-18-9-7-15-13(16)10-17-12-6-4-3-5-11(12)14/h2-6H,1,7-10,14H2,(H,15,16). The summed E-state index contributed by atoms with van der Waals surface area (Å²) >= 11 is 1.72. The van der Waals surface area contributed by atoms with Crippen LogP contribution in [0.3, 0.4) is 0 Å². The molecular formula is C13H18N2O2S. The molecule has 1 amide bonds. The van der Waals surface area contributed by atoms with E-state index in [-0.39, 0.29) is 12.5 Å². The van der Waals surface area contributed by atoms with E-state index in [4.69, 9.17) is 10.5 Å². The van der Waals surface area contributed by atoms with Gasteiger partial charge in [0.05, 0.1) is 5.69 Å². The van der Waals surface area contributed by atoms with Crippen molar-refractivity contribution in [2.24, 2.45) is 0 Å². The Labute approximate surface area is 112 Å². The van der Waals surface area contributed by atoms with Gasteiger partial charge in [-0.15, -0.1) is 6.58 Å². The number of ether oxygens (including phenoxy) is 1. The molecule has 4 nitrogen and oxygen atoms in total. The minimum Gasteiger partial charge on any atom is -0.482 e. The first kappa shape index (κ1) is 14.4. The summed E-state index contributed by atoms with van der Waals surface area (Å²) in [6.07, 6.45) is 1.84. The summed E-state index contributed by atoms with van der Waals surface area (Å²) in [5.41, 5.74) is 6.23. The molecule has 0 aliphatic rings. The fraction of sp³-hybridized carbons (Fsp3) is 0.308. The number of hydrogen-bond donors (Lipinski definition) is 2. The van der Waals surface area contributed by atoms with E-state index in [9.17, 15) is 4.79 Å². The van der Waals surface area contributed by atoms with Gasteiger partial charge in [0.15, 0.2) is 6.61 Å². The maximum absolute atomic E-state index is 11.5. The maximum atomic E-state index is 11.5. The Morgan fingerprint density at radius 1 is 1.50 bits per heavy atom. The highest BCUT2D eigenvalue weighted by molar-refractivity contribution is 7.99. The van der Waals surface area contributed by atoms with E-state index in [1.54, 1.807) is 23.9 Å². The van der Waals surface area contributed by atoms with Crippen LogP contribution in [0.5, 0.6) is 5.75 Å². The molecule has 0 saturated carbocycles. The molecule has 0 radical (unpaired) electrons. The quantitative estimate of drug-likeness (QED) is 0.427. The normalized spacial score (nSPS) is 9.78. The van der Waals surface area contributed by atoms with E-state index in [0.29, 0.717) is 18.0 Å². The summed E-state index contributed by atoms with van der Waals surface area (Å²) < 4.78 is 5.32. The van der Waals surface area contributed by atoms with Crippen LogP contribution in [-0.2, 0) is 4.79 Å². The molecule has 0 fully saturated rings. The van der Waals surface area contributed by atoms with Crippen molar-refractivity contribution in [3.05, 3.63) is 36.9 Å². The highest BCUT2D eigenvalue weighted by Crippen LogP contribution is 2.19. The van der Waals surface area contributed by atoms with Crippen LogP contribution in [0.2, 0.25) is 0 Å². The minimum absolute atomic E-state index is 0.0136. The predicted molar refractivity (Wildman–Crippen MR) is 76.9 cm³/mol. The van der Waals surface area contributed by atoms with Crippen LogP contribution in [0, 0.1) is 0 Å². The molecule has 0 saturated heterocycles. The molecule has 18 heavy (non-hydrogen) atoms. The van der Waals surface area contributed by atoms with Crippen LogP contribution in [-0.4, -0.2) is 30.6 Å². The Bertz CT molecular complexity index is 396. The van der Waals surface area contributed by atoms with E-state index < -0.39 is 0 Å². The molecule has 0 heterocycles. The van der Waals surface area contributed by atoms with Gasteiger partial charge in [0.25, 0.3) is 5.91 Å². The molecule has 0 aromatic heterocycles. The van der Waals surface area contributed by atoms with Gasteiger partial charge in [0.2, 0.25) is 0 Å². The van der Waals surface area contributed by atoms with Gasteiger partial charge in [-0.1, -0.05) is 18.2 Å². The number of nitrogen functional groups attached to an aromatic ring is 1. The zero-order valence-corrected chi connectivity index (χ0v) is 11.0. The molecule has 5 heteroatoms. The zero-order chi connectivity index (χ0) is 13.2. The lowest BCUT2D eigenvalue weighted by Crippen LogP contribution is -2.30. The zero-order valence-electron chi connectivity index (χ0n) is 10.2. The molecule has 0 atom stereocenters. The molecule has 98 valence electrons. The smallest absolute Gasteiger partial charge is 0.257 e. The minimum atomic E-state index is -0.141. The van der Waals surface area contributed by atoms with Gasteiger partial charge in [0, 0.05) is 18.1 Å². The molecule has 0 spiro atoms.